The SMILES string of the molecule is Cc1c(NC(=O)COC(=O)C2CCCC2)c(=O)n(-c2ccccc2)n1C. The number of hydrogen-bond donors (Lipinski definition) is 1. The van der Waals surface area contributed by atoms with Crippen LogP contribution in [0.5, 0.6) is 0 Å². The second-order valence-electron chi connectivity index (χ2n) is 6.57. The summed E-state index contributed by atoms with van der Waals surface area (Å²) in [7, 11) is 1.75. The number of esters is 1. The highest BCUT2D eigenvalue weighted by Gasteiger charge is 2.25. The molecule has 3 rings (SSSR count). The number of nitrogens with zero attached hydrogens (tertiary/aromatic N) is 2. The van der Waals surface area contributed by atoms with E-state index in [1.54, 1.807) is 18.7 Å². The van der Waals surface area contributed by atoms with Crippen LogP contribution in [0.1, 0.15) is 31.4 Å². The molecule has 0 saturated heterocycles. The van der Waals surface area contributed by atoms with Crippen LogP contribution in [-0.4, -0.2) is 27.8 Å². The van der Waals surface area contributed by atoms with Gasteiger partial charge in [-0.1, -0.05) is 31.0 Å². The molecule has 1 aliphatic rings. The third-order valence-corrected chi connectivity index (χ3v) is 4.85. The molecule has 0 spiro atoms. The minimum atomic E-state index is -0.512. The van der Waals surface area contributed by atoms with Gasteiger partial charge in [-0.15, -0.1) is 0 Å². The molecule has 0 atom stereocenters. The van der Waals surface area contributed by atoms with E-state index in [-0.39, 0.29) is 29.7 Å². The zero-order chi connectivity index (χ0) is 18.7. The highest BCUT2D eigenvalue weighted by Crippen LogP contribution is 2.25. The number of aromatic nitrogens is 2. The van der Waals surface area contributed by atoms with Crippen molar-refractivity contribution in [2.24, 2.45) is 13.0 Å². The van der Waals surface area contributed by atoms with E-state index in [2.05, 4.69) is 5.32 Å². The van der Waals surface area contributed by atoms with Crippen molar-refractivity contribution < 1.29 is 14.3 Å². The summed E-state index contributed by atoms with van der Waals surface area (Å²) in [6, 6.07) is 9.17. The lowest BCUT2D eigenvalue weighted by atomic mass is 10.1. The molecule has 0 radical (unpaired) electrons. The number of ether oxygens (including phenoxy) is 1. The van der Waals surface area contributed by atoms with Crippen molar-refractivity contribution in [2.75, 3.05) is 11.9 Å². The average Bonchev–Trinajstić information content (AvgIpc) is 3.25. The molecular weight excluding hydrogens is 334 g/mol. The van der Waals surface area contributed by atoms with Gasteiger partial charge in [-0.25, -0.2) is 4.68 Å². The maximum atomic E-state index is 12.7. The Hall–Kier alpha value is -2.83. The number of amides is 1. The Labute approximate surface area is 151 Å². The predicted molar refractivity (Wildman–Crippen MR) is 97.3 cm³/mol. The van der Waals surface area contributed by atoms with Gasteiger partial charge in [-0.2, -0.15) is 0 Å². The van der Waals surface area contributed by atoms with E-state index in [0.717, 1.165) is 25.7 Å². The van der Waals surface area contributed by atoms with Crippen LogP contribution in [0.2, 0.25) is 0 Å². The Morgan fingerprint density at radius 1 is 1.19 bits per heavy atom. The van der Waals surface area contributed by atoms with Gasteiger partial charge in [0.2, 0.25) is 0 Å². The summed E-state index contributed by atoms with van der Waals surface area (Å²) < 4.78 is 8.25. The van der Waals surface area contributed by atoms with E-state index < -0.39 is 5.91 Å². The molecule has 1 amide bonds. The molecule has 7 nitrogen and oxygen atoms in total. The summed E-state index contributed by atoms with van der Waals surface area (Å²) >= 11 is 0. The van der Waals surface area contributed by atoms with E-state index in [1.165, 1.54) is 4.68 Å². The Morgan fingerprint density at radius 2 is 1.85 bits per heavy atom. The first-order valence-corrected chi connectivity index (χ1v) is 8.79. The van der Waals surface area contributed by atoms with Gasteiger partial charge in [0.05, 0.1) is 17.3 Å². The largest absolute Gasteiger partial charge is 0.455 e. The monoisotopic (exact) mass is 357 g/mol. The first-order chi connectivity index (χ1) is 12.5. The van der Waals surface area contributed by atoms with Crippen LogP contribution in [0.3, 0.4) is 0 Å². The van der Waals surface area contributed by atoms with Crippen molar-refractivity contribution in [2.45, 2.75) is 32.6 Å². The Balaban J connectivity index is 1.71. The third kappa shape index (κ3) is 3.56. The number of anilines is 1. The quantitative estimate of drug-likeness (QED) is 0.832. The first kappa shape index (κ1) is 18.0. The summed E-state index contributed by atoms with van der Waals surface area (Å²) in [4.78, 5) is 36.8. The summed E-state index contributed by atoms with van der Waals surface area (Å²) in [6.07, 6.45) is 3.68. The van der Waals surface area contributed by atoms with E-state index >= 15 is 0 Å². The van der Waals surface area contributed by atoms with Gasteiger partial charge < -0.3 is 10.1 Å². The van der Waals surface area contributed by atoms with E-state index in [9.17, 15) is 14.4 Å². The standard InChI is InChI=1S/C19H23N3O4/c1-13-17(18(24)22(21(13)2)15-10-4-3-5-11-15)20-16(23)12-26-19(25)14-8-6-7-9-14/h3-5,10-11,14H,6-9,12H2,1-2H3,(H,20,23). The van der Waals surface area contributed by atoms with Crippen LogP contribution >= 0.6 is 0 Å². The minimum absolute atomic E-state index is 0.100. The topological polar surface area (TPSA) is 82.3 Å². The highest BCUT2D eigenvalue weighted by molar-refractivity contribution is 5.93. The molecule has 0 unspecified atom stereocenters. The molecule has 1 N–H and O–H groups in total. The van der Waals surface area contributed by atoms with Crippen molar-refractivity contribution in [3.05, 3.63) is 46.4 Å². The summed E-state index contributed by atoms with van der Waals surface area (Å²) in [5.41, 5.74) is 1.19. The number of nitrogens with one attached hydrogen (secondary N) is 1. The first-order valence-electron chi connectivity index (χ1n) is 8.79. The van der Waals surface area contributed by atoms with Crippen LogP contribution in [0, 0.1) is 12.8 Å². The lowest BCUT2D eigenvalue weighted by molar-refractivity contribution is -0.151. The van der Waals surface area contributed by atoms with Gasteiger partial charge in [0, 0.05) is 7.05 Å². The molecule has 7 heteroatoms. The van der Waals surface area contributed by atoms with Gasteiger partial charge in [-0.05, 0) is 31.9 Å². The number of carbonyl (C=O) groups is 2. The highest BCUT2D eigenvalue weighted by atomic mass is 16.5. The van der Waals surface area contributed by atoms with Crippen molar-refractivity contribution in [3.63, 3.8) is 0 Å². The number of carbonyl (C=O) groups excluding carboxylic acids is 2. The maximum Gasteiger partial charge on any atom is 0.309 e. The smallest absolute Gasteiger partial charge is 0.309 e. The molecule has 138 valence electrons. The Morgan fingerprint density at radius 3 is 2.50 bits per heavy atom. The Bertz CT molecular complexity index is 861. The average molecular weight is 357 g/mol. The minimum Gasteiger partial charge on any atom is -0.455 e. The van der Waals surface area contributed by atoms with Crippen molar-refractivity contribution in [3.8, 4) is 5.69 Å². The van der Waals surface area contributed by atoms with Crippen LogP contribution in [-0.2, 0) is 21.4 Å². The van der Waals surface area contributed by atoms with Gasteiger partial charge in [0.1, 0.15) is 5.69 Å². The number of hydrogen-bond acceptors (Lipinski definition) is 4. The second-order valence-corrected chi connectivity index (χ2v) is 6.57. The Kier molecular flexibility index (Phi) is 5.25. The molecule has 1 aromatic heterocycles. The maximum absolute atomic E-state index is 12.7. The zero-order valence-corrected chi connectivity index (χ0v) is 15.0. The normalized spacial score (nSPS) is 14.4. The molecule has 26 heavy (non-hydrogen) atoms. The third-order valence-electron chi connectivity index (χ3n) is 4.85. The molecule has 1 fully saturated rings. The summed E-state index contributed by atoms with van der Waals surface area (Å²) in [5, 5.41) is 2.59. The number of para-hydroxylation sites is 1. The fourth-order valence-electron chi connectivity index (χ4n) is 3.30. The van der Waals surface area contributed by atoms with Gasteiger partial charge in [0.25, 0.3) is 11.5 Å². The van der Waals surface area contributed by atoms with E-state index in [1.807, 2.05) is 30.3 Å². The zero-order valence-electron chi connectivity index (χ0n) is 15.0. The van der Waals surface area contributed by atoms with Crippen molar-refractivity contribution in [1.29, 1.82) is 0 Å². The van der Waals surface area contributed by atoms with E-state index in [0.29, 0.717) is 11.4 Å². The second kappa shape index (κ2) is 7.59. The van der Waals surface area contributed by atoms with Crippen LogP contribution in [0.25, 0.3) is 5.69 Å². The fourth-order valence-corrected chi connectivity index (χ4v) is 3.30. The van der Waals surface area contributed by atoms with E-state index in [4.69, 9.17) is 4.74 Å². The fraction of sp³-hybridized carbons (Fsp3) is 0.421. The summed E-state index contributed by atoms with van der Waals surface area (Å²) in [5.74, 6) is -0.942. The van der Waals surface area contributed by atoms with Gasteiger partial charge in [0.15, 0.2) is 6.61 Å². The van der Waals surface area contributed by atoms with Crippen molar-refractivity contribution in [1.82, 2.24) is 9.36 Å². The van der Waals surface area contributed by atoms with Gasteiger partial charge in [-0.3, -0.25) is 19.1 Å². The number of rotatable bonds is 5. The lowest BCUT2D eigenvalue weighted by Crippen LogP contribution is -2.27. The van der Waals surface area contributed by atoms with Gasteiger partial charge >= 0.3 is 5.97 Å². The summed E-state index contributed by atoms with van der Waals surface area (Å²) in [6.45, 7) is 1.37. The molecular formula is C19H23N3O4. The molecule has 0 aliphatic heterocycles. The van der Waals surface area contributed by atoms with Crippen molar-refractivity contribution >= 4 is 17.6 Å². The molecule has 1 saturated carbocycles. The molecule has 1 heterocycles. The lowest BCUT2D eigenvalue weighted by Gasteiger charge is -2.09. The molecule has 2 aromatic rings. The molecule has 0 bridgehead atoms. The van der Waals surface area contributed by atoms with Crippen LogP contribution in [0.4, 0.5) is 5.69 Å². The molecule has 1 aliphatic carbocycles. The molecule has 1 aromatic carbocycles. The number of benzene rings is 1. The predicted octanol–water partition coefficient (Wildman–Crippen LogP) is 2.16. The van der Waals surface area contributed by atoms with Crippen LogP contribution in [0.15, 0.2) is 35.1 Å². The van der Waals surface area contributed by atoms with Crippen LogP contribution < -0.4 is 10.9 Å².